The standard InChI is InChI=1S/C8H7.Bi/c1-2-8-6-4-3-5-7-8;/h2-4,6-7H,1H2;. The first-order chi connectivity index (χ1) is 4.33. The van der Waals surface area contributed by atoms with Crippen LogP contribution in [0.4, 0.5) is 0 Å². The van der Waals surface area contributed by atoms with Crippen LogP contribution in [0.3, 0.4) is 0 Å². The molecule has 0 nitrogen and oxygen atoms in total. The maximum absolute atomic E-state index is 3.68. The molecule has 1 aromatic rings. The van der Waals surface area contributed by atoms with Crippen LogP contribution in [0.15, 0.2) is 30.8 Å². The van der Waals surface area contributed by atoms with Crippen LogP contribution >= 0.6 is 0 Å². The second kappa shape index (κ2) is 3.12. The van der Waals surface area contributed by atoms with Crippen molar-refractivity contribution in [3.8, 4) is 0 Å². The van der Waals surface area contributed by atoms with Gasteiger partial charge in [0.1, 0.15) is 0 Å². The fourth-order valence-corrected chi connectivity index (χ4v) is 1.57. The number of hydrogen-bond donors (Lipinski definition) is 0. The van der Waals surface area contributed by atoms with E-state index in [1.165, 1.54) is 33.6 Å². The summed E-state index contributed by atoms with van der Waals surface area (Å²) in [6, 6.07) is 8.40. The molecular formula is C8H7Bi. The third kappa shape index (κ3) is 1.91. The Morgan fingerprint density at radius 1 is 1.44 bits per heavy atom. The van der Waals surface area contributed by atoms with Crippen LogP contribution in [0.25, 0.3) is 6.08 Å². The van der Waals surface area contributed by atoms with Gasteiger partial charge in [-0.05, 0) is 0 Å². The number of rotatable bonds is 1. The molecule has 0 N–H and O–H groups in total. The van der Waals surface area contributed by atoms with Crippen LogP contribution in [-0.4, -0.2) is 24.7 Å². The minimum absolute atomic E-state index is 1.22. The third-order valence-corrected chi connectivity index (χ3v) is 2.19. The van der Waals surface area contributed by atoms with Crippen molar-refractivity contribution in [2.45, 2.75) is 0 Å². The Hall–Kier alpha value is -0.157. The molecule has 0 saturated heterocycles. The molecule has 1 aromatic carbocycles. The molecule has 0 spiro atoms. The summed E-state index contributed by atoms with van der Waals surface area (Å²) >= 11 is 1.32. The van der Waals surface area contributed by atoms with E-state index in [9.17, 15) is 0 Å². The van der Waals surface area contributed by atoms with E-state index in [0.717, 1.165) is 0 Å². The molecule has 0 saturated carbocycles. The van der Waals surface area contributed by atoms with Crippen LogP contribution in [0.1, 0.15) is 5.56 Å². The van der Waals surface area contributed by atoms with E-state index in [1.54, 1.807) is 0 Å². The summed E-state index contributed by atoms with van der Waals surface area (Å²) in [5, 5.41) is 0. The summed E-state index contributed by atoms with van der Waals surface area (Å²) in [7, 11) is 0. The van der Waals surface area contributed by atoms with E-state index in [4.69, 9.17) is 0 Å². The van der Waals surface area contributed by atoms with Gasteiger partial charge >= 0.3 is 70.5 Å². The maximum atomic E-state index is 3.68. The molecule has 0 aliphatic carbocycles. The monoisotopic (exact) mass is 312 g/mol. The van der Waals surface area contributed by atoms with Crippen molar-refractivity contribution in [2.75, 3.05) is 0 Å². The molecule has 1 rings (SSSR count). The van der Waals surface area contributed by atoms with E-state index in [-0.39, 0.29) is 0 Å². The van der Waals surface area contributed by atoms with Gasteiger partial charge in [-0.3, -0.25) is 0 Å². The van der Waals surface area contributed by atoms with Crippen LogP contribution in [0.2, 0.25) is 0 Å². The summed E-state index contributed by atoms with van der Waals surface area (Å²) in [4.78, 5) is 0. The third-order valence-electron chi connectivity index (χ3n) is 1.11. The SMILES string of the molecule is C=Cc1ccc[c]([Bi])c1. The second-order valence-corrected chi connectivity index (χ2v) is 3.81. The Labute approximate surface area is 70.4 Å². The first kappa shape index (κ1) is 6.96. The zero-order valence-corrected chi connectivity index (χ0v) is 8.52. The summed E-state index contributed by atoms with van der Waals surface area (Å²) in [6.07, 6.45) is 1.87. The summed E-state index contributed by atoms with van der Waals surface area (Å²) < 4.78 is 1.40. The second-order valence-electron chi connectivity index (χ2n) is 1.80. The van der Waals surface area contributed by atoms with Gasteiger partial charge in [-0.2, -0.15) is 0 Å². The van der Waals surface area contributed by atoms with E-state index >= 15 is 0 Å². The molecule has 1 heteroatoms. The van der Waals surface area contributed by atoms with E-state index in [0.29, 0.717) is 0 Å². The Morgan fingerprint density at radius 2 is 2.22 bits per heavy atom. The average molecular weight is 312 g/mol. The first-order valence-corrected chi connectivity index (χ1v) is 4.48. The van der Waals surface area contributed by atoms with Gasteiger partial charge in [0.05, 0.1) is 0 Å². The summed E-state index contributed by atoms with van der Waals surface area (Å²) in [6.45, 7) is 3.68. The molecular weight excluding hydrogens is 305 g/mol. The zero-order valence-electron chi connectivity index (χ0n) is 5.04. The first-order valence-electron chi connectivity index (χ1n) is 2.74. The van der Waals surface area contributed by atoms with Gasteiger partial charge in [-0.1, -0.05) is 0 Å². The molecule has 0 atom stereocenters. The fraction of sp³-hybridized carbons (Fsp3) is 0. The van der Waals surface area contributed by atoms with Crippen molar-refractivity contribution in [3.05, 3.63) is 36.4 Å². The van der Waals surface area contributed by atoms with Gasteiger partial charge in [0.15, 0.2) is 0 Å². The zero-order chi connectivity index (χ0) is 6.69. The molecule has 0 fully saturated rings. The van der Waals surface area contributed by atoms with Gasteiger partial charge in [-0.25, -0.2) is 0 Å². The number of benzene rings is 1. The summed E-state index contributed by atoms with van der Waals surface area (Å²) in [5.74, 6) is 0. The van der Waals surface area contributed by atoms with Gasteiger partial charge in [0.25, 0.3) is 0 Å². The Bertz CT molecular complexity index is 216. The Morgan fingerprint density at radius 3 is 2.67 bits per heavy atom. The van der Waals surface area contributed by atoms with E-state index in [1.807, 2.05) is 6.08 Å². The predicted octanol–water partition coefficient (Wildman–Crippen LogP) is 1.12. The molecule has 0 aliphatic rings. The van der Waals surface area contributed by atoms with Gasteiger partial charge in [0, 0.05) is 0 Å². The number of hydrogen-bond acceptors (Lipinski definition) is 0. The van der Waals surface area contributed by atoms with Crippen molar-refractivity contribution in [3.63, 3.8) is 0 Å². The molecule has 0 bridgehead atoms. The fourth-order valence-electron chi connectivity index (χ4n) is 0.652. The predicted molar refractivity (Wildman–Crippen MR) is 41.9 cm³/mol. The molecule has 0 amide bonds. The molecule has 44 valence electrons. The van der Waals surface area contributed by atoms with Crippen molar-refractivity contribution in [2.24, 2.45) is 0 Å². The van der Waals surface area contributed by atoms with Gasteiger partial charge in [-0.15, -0.1) is 0 Å². The molecule has 0 heterocycles. The van der Waals surface area contributed by atoms with Crippen molar-refractivity contribution in [1.82, 2.24) is 0 Å². The van der Waals surface area contributed by atoms with Crippen LogP contribution in [-0.2, 0) is 0 Å². The van der Waals surface area contributed by atoms with Crippen molar-refractivity contribution < 1.29 is 0 Å². The van der Waals surface area contributed by atoms with Crippen LogP contribution < -0.4 is 3.27 Å². The van der Waals surface area contributed by atoms with Crippen molar-refractivity contribution in [1.29, 1.82) is 0 Å². The van der Waals surface area contributed by atoms with Crippen LogP contribution in [0.5, 0.6) is 0 Å². The van der Waals surface area contributed by atoms with E-state index in [2.05, 4.69) is 30.8 Å². The molecule has 0 aromatic heterocycles. The molecule has 0 unspecified atom stereocenters. The minimum atomic E-state index is 1.22. The average Bonchev–Trinajstić information content (AvgIpc) is 1.88. The normalized spacial score (nSPS) is 9.00. The Balaban J connectivity index is 3.07. The van der Waals surface area contributed by atoms with E-state index < -0.39 is 0 Å². The van der Waals surface area contributed by atoms with Crippen LogP contribution in [0, 0.1) is 0 Å². The topological polar surface area (TPSA) is 0 Å². The van der Waals surface area contributed by atoms with Gasteiger partial charge in [0.2, 0.25) is 0 Å². The quantitative estimate of drug-likeness (QED) is 0.682. The summed E-state index contributed by atoms with van der Waals surface area (Å²) in [5.41, 5.74) is 1.22. The molecule has 0 aliphatic heterocycles. The molecule has 2 radical (unpaired) electrons. The van der Waals surface area contributed by atoms with Crippen molar-refractivity contribution >= 4 is 34.1 Å². The Kier molecular flexibility index (Phi) is 2.41. The van der Waals surface area contributed by atoms with Gasteiger partial charge < -0.3 is 0 Å². The molecule has 9 heavy (non-hydrogen) atoms.